The van der Waals surface area contributed by atoms with Gasteiger partial charge in [-0.15, -0.1) is 0 Å². The van der Waals surface area contributed by atoms with Crippen molar-refractivity contribution in [3.05, 3.63) is 35.9 Å². The molecule has 0 aromatic heterocycles. The van der Waals surface area contributed by atoms with Crippen molar-refractivity contribution in [1.82, 2.24) is 15.1 Å². The molecule has 23 heavy (non-hydrogen) atoms. The standard InChI is InChI=1S/C18H27N3O2/c22-18(23)16-12-19-8-11-21(14-16)17-6-9-20(10-7-17)13-15-4-2-1-3-5-15/h1-5,16-17,19H,6-14H2,(H,22,23)/t16-/m0/s1. The first kappa shape index (κ1) is 16.4. The van der Waals surface area contributed by atoms with Crippen LogP contribution in [0.25, 0.3) is 0 Å². The van der Waals surface area contributed by atoms with Gasteiger partial charge in [-0.1, -0.05) is 30.3 Å². The number of carboxylic acids is 1. The van der Waals surface area contributed by atoms with Crippen molar-refractivity contribution < 1.29 is 9.90 Å². The number of hydrogen-bond donors (Lipinski definition) is 2. The average molecular weight is 317 g/mol. The highest BCUT2D eigenvalue weighted by molar-refractivity contribution is 5.70. The van der Waals surface area contributed by atoms with Crippen molar-refractivity contribution in [3.8, 4) is 0 Å². The molecular formula is C18H27N3O2. The Bertz CT molecular complexity index is 500. The first-order valence-corrected chi connectivity index (χ1v) is 8.66. The van der Waals surface area contributed by atoms with Gasteiger partial charge in [-0.3, -0.25) is 14.6 Å². The number of nitrogens with one attached hydrogen (secondary N) is 1. The molecule has 0 amide bonds. The molecule has 0 bridgehead atoms. The fourth-order valence-corrected chi connectivity index (χ4v) is 3.72. The normalized spacial score (nSPS) is 25.1. The van der Waals surface area contributed by atoms with Crippen LogP contribution in [-0.2, 0) is 11.3 Å². The van der Waals surface area contributed by atoms with E-state index in [1.54, 1.807) is 0 Å². The van der Waals surface area contributed by atoms with Crippen molar-refractivity contribution in [1.29, 1.82) is 0 Å². The van der Waals surface area contributed by atoms with E-state index in [4.69, 9.17) is 0 Å². The van der Waals surface area contributed by atoms with Gasteiger partial charge in [0.2, 0.25) is 0 Å². The molecule has 2 heterocycles. The maximum absolute atomic E-state index is 11.3. The summed E-state index contributed by atoms with van der Waals surface area (Å²) in [6.07, 6.45) is 2.28. The molecule has 126 valence electrons. The number of likely N-dealkylation sites (tertiary alicyclic amines) is 1. The summed E-state index contributed by atoms with van der Waals surface area (Å²) < 4.78 is 0. The van der Waals surface area contributed by atoms with Crippen LogP contribution in [0.2, 0.25) is 0 Å². The fraction of sp³-hybridized carbons (Fsp3) is 0.611. The quantitative estimate of drug-likeness (QED) is 0.875. The van der Waals surface area contributed by atoms with Crippen molar-refractivity contribution >= 4 is 5.97 Å². The topological polar surface area (TPSA) is 55.8 Å². The summed E-state index contributed by atoms with van der Waals surface area (Å²) in [5.41, 5.74) is 1.37. The van der Waals surface area contributed by atoms with Crippen LogP contribution in [0.15, 0.2) is 30.3 Å². The summed E-state index contributed by atoms with van der Waals surface area (Å²) in [5.74, 6) is -0.953. The second-order valence-corrected chi connectivity index (χ2v) is 6.73. The van der Waals surface area contributed by atoms with Crippen LogP contribution in [-0.4, -0.2) is 66.2 Å². The fourth-order valence-electron chi connectivity index (χ4n) is 3.72. The number of piperidine rings is 1. The zero-order chi connectivity index (χ0) is 16.1. The minimum atomic E-state index is -0.675. The van der Waals surface area contributed by atoms with E-state index in [-0.39, 0.29) is 5.92 Å². The lowest BCUT2D eigenvalue weighted by atomic mass is 10.0. The van der Waals surface area contributed by atoms with E-state index in [1.165, 1.54) is 5.56 Å². The third-order valence-electron chi connectivity index (χ3n) is 5.09. The highest BCUT2D eigenvalue weighted by Gasteiger charge is 2.30. The van der Waals surface area contributed by atoms with Gasteiger partial charge in [-0.25, -0.2) is 0 Å². The Morgan fingerprint density at radius 3 is 2.61 bits per heavy atom. The van der Waals surface area contributed by atoms with Gasteiger partial charge in [0.05, 0.1) is 5.92 Å². The van der Waals surface area contributed by atoms with E-state index in [0.717, 1.165) is 45.6 Å². The van der Waals surface area contributed by atoms with Gasteiger partial charge in [-0.05, 0) is 31.5 Å². The minimum Gasteiger partial charge on any atom is -0.481 e. The van der Waals surface area contributed by atoms with Gasteiger partial charge in [-0.2, -0.15) is 0 Å². The highest BCUT2D eigenvalue weighted by Crippen LogP contribution is 2.20. The van der Waals surface area contributed by atoms with Crippen molar-refractivity contribution in [2.24, 2.45) is 5.92 Å². The molecule has 0 unspecified atom stereocenters. The Kier molecular flexibility index (Phi) is 5.65. The Morgan fingerprint density at radius 1 is 1.17 bits per heavy atom. The second-order valence-electron chi connectivity index (χ2n) is 6.73. The molecule has 0 spiro atoms. The van der Waals surface area contributed by atoms with Crippen LogP contribution in [0, 0.1) is 5.92 Å². The van der Waals surface area contributed by atoms with Gasteiger partial charge in [0.15, 0.2) is 0 Å². The zero-order valence-corrected chi connectivity index (χ0v) is 13.7. The molecule has 2 aliphatic rings. The predicted molar refractivity (Wildman–Crippen MR) is 90.3 cm³/mol. The molecule has 1 atom stereocenters. The van der Waals surface area contributed by atoms with Gasteiger partial charge in [0.25, 0.3) is 0 Å². The molecule has 5 nitrogen and oxygen atoms in total. The molecule has 2 fully saturated rings. The third-order valence-corrected chi connectivity index (χ3v) is 5.09. The lowest BCUT2D eigenvalue weighted by Gasteiger charge is -2.38. The monoisotopic (exact) mass is 317 g/mol. The van der Waals surface area contributed by atoms with Crippen LogP contribution < -0.4 is 5.32 Å². The maximum Gasteiger partial charge on any atom is 0.309 e. The van der Waals surface area contributed by atoms with Gasteiger partial charge in [0, 0.05) is 38.8 Å². The van der Waals surface area contributed by atoms with Crippen LogP contribution in [0.5, 0.6) is 0 Å². The molecule has 2 aliphatic heterocycles. The molecule has 1 aromatic rings. The number of nitrogens with zero attached hydrogens (tertiary/aromatic N) is 2. The largest absolute Gasteiger partial charge is 0.481 e. The van der Waals surface area contributed by atoms with Crippen LogP contribution in [0.4, 0.5) is 0 Å². The van der Waals surface area contributed by atoms with Crippen LogP contribution in [0.3, 0.4) is 0 Å². The second kappa shape index (κ2) is 7.90. The molecule has 2 saturated heterocycles. The molecule has 1 aromatic carbocycles. The molecule has 2 N–H and O–H groups in total. The zero-order valence-electron chi connectivity index (χ0n) is 13.7. The van der Waals surface area contributed by atoms with E-state index < -0.39 is 5.97 Å². The SMILES string of the molecule is O=C(O)[C@H]1CNCCN(C2CCN(Cc3ccccc3)CC2)C1. The highest BCUT2D eigenvalue weighted by atomic mass is 16.4. The molecular weight excluding hydrogens is 290 g/mol. The van der Waals surface area contributed by atoms with Gasteiger partial charge >= 0.3 is 5.97 Å². The number of carboxylic acid groups (broad SMARTS) is 1. The van der Waals surface area contributed by atoms with Crippen molar-refractivity contribution in [3.63, 3.8) is 0 Å². The minimum absolute atomic E-state index is 0.278. The summed E-state index contributed by atoms with van der Waals surface area (Å²) in [6.45, 7) is 6.36. The van der Waals surface area contributed by atoms with E-state index in [9.17, 15) is 9.90 Å². The lowest BCUT2D eigenvalue weighted by molar-refractivity contribution is -0.142. The first-order valence-electron chi connectivity index (χ1n) is 8.66. The van der Waals surface area contributed by atoms with E-state index >= 15 is 0 Å². The Hall–Kier alpha value is -1.43. The molecule has 0 aliphatic carbocycles. The Morgan fingerprint density at radius 2 is 1.91 bits per heavy atom. The smallest absolute Gasteiger partial charge is 0.309 e. The average Bonchev–Trinajstić information content (AvgIpc) is 2.83. The maximum atomic E-state index is 11.3. The number of aliphatic carboxylic acids is 1. The number of benzene rings is 1. The summed E-state index contributed by atoms with van der Waals surface area (Å²) in [4.78, 5) is 16.2. The van der Waals surface area contributed by atoms with E-state index in [2.05, 4.69) is 45.4 Å². The molecule has 0 radical (unpaired) electrons. The van der Waals surface area contributed by atoms with E-state index in [0.29, 0.717) is 19.1 Å². The Labute approximate surface area is 138 Å². The van der Waals surface area contributed by atoms with E-state index in [1.807, 2.05) is 0 Å². The summed E-state index contributed by atoms with van der Waals surface area (Å²) in [5, 5.41) is 12.6. The Balaban J connectivity index is 1.50. The third kappa shape index (κ3) is 4.53. The lowest BCUT2D eigenvalue weighted by Crippen LogP contribution is -2.47. The first-order chi connectivity index (χ1) is 11.2. The summed E-state index contributed by atoms with van der Waals surface area (Å²) >= 11 is 0. The van der Waals surface area contributed by atoms with Crippen molar-refractivity contribution in [2.75, 3.05) is 39.3 Å². The summed E-state index contributed by atoms with van der Waals surface area (Å²) in [7, 11) is 0. The predicted octanol–water partition coefficient (Wildman–Crippen LogP) is 1.26. The molecule has 5 heteroatoms. The van der Waals surface area contributed by atoms with Crippen LogP contribution >= 0.6 is 0 Å². The van der Waals surface area contributed by atoms with Crippen LogP contribution in [0.1, 0.15) is 18.4 Å². The molecule has 0 saturated carbocycles. The molecule has 3 rings (SSSR count). The van der Waals surface area contributed by atoms with Crippen molar-refractivity contribution in [2.45, 2.75) is 25.4 Å². The van der Waals surface area contributed by atoms with Gasteiger partial charge < -0.3 is 10.4 Å². The number of rotatable bonds is 4. The number of carbonyl (C=O) groups is 1. The number of hydrogen-bond acceptors (Lipinski definition) is 4. The summed E-state index contributed by atoms with van der Waals surface area (Å²) in [6, 6.07) is 11.1. The van der Waals surface area contributed by atoms with Gasteiger partial charge in [0.1, 0.15) is 0 Å².